The van der Waals surface area contributed by atoms with Gasteiger partial charge in [0.25, 0.3) is 5.91 Å². The van der Waals surface area contributed by atoms with Gasteiger partial charge in [-0.3, -0.25) is 9.59 Å². The molecule has 158 valence electrons. The minimum absolute atomic E-state index is 0.0655. The molecular formula is C25H29ClN2O2. The zero-order valence-electron chi connectivity index (χ0n) is 17.5. The maximum atomic E-state index is 13.6. The van der Waals surface area contributed by atoms with E-state index in [0.717, 1.165) is 36.8 Å². The number of nitrogens with one attached hydrogen (secondary N) is 1. The summed E-state index contributed by atoms with van der Waals surface area (Å²) in [5, 5.41) is 3.89. The number of carbonyl (C=O) groups excluding carboxylic acids is 2. The van der Waals surface area contributed by atoms with Crippen LogP contribution in [0.15, 0.2) is 48.5 Å². The third-order valence-corrected chi connectivity index (χ3v) is 6.96. The van der Waals surface area contributed by atoms with Crippen LogP contribution in [-0.2, 0) is 17.8 Å². The molecule has 2 aliphatic rings. The van der Waals surface area contributed by atoms with Crippen molar-refractivity contribution in [1.82, 2.24) is 10.2 Å². The van der Waals surface area contributed by atoms with Gasteiger partial charge >= 0.3 is 0 Å². The van der Waals surface area contributed by atoms with Crippen molar-refractivity contribution in [2.45, 2.75) is 70.0 Å². The number of carbonyl (C=O) groups is 2. The standard InChI is InChI=1S/C25H29ClN2O2/c1-25(24(30)27-20-12-4-2-3-5-13-20)16-18-10-6-8-14-21(18)23(29)28(25)17-19-11-7-9-15-22(19)26/h6-11,14-15,20H,2-5,12-13,16-17H2,1H3,(H,27,30)/t25-/m1/s1. The molecule has 30 heavy (non-hydrogen) atoms. The normalized spacial score (nSPS) is 22.3. The van der Waals surface area contributed by atoms with Crippen LogP contribution in [-0.4, -0.2) is 28.3 Å². The summed E-state index contributed by atoms with van der Waals surface area (Å²) in [5.74, 6) is -0.181. The molecule has 2 aromatic carbocycles. The van der Waals surface area contributed by atoms with Crippen molar-refractivity contribution >= 4 is 23.4 Å². The first kappa shape index (κ1) is 20.9. The molecule has 1 aliphatic heterocycles. The minimum atomic E-state index is -0.961. The van der Waals surface area contributed by atoms with Crippen LogP contribution in [0.2, 0.25) is 5.02 Å². The molecule has 4 nitrogen and oxygen atoms in total. The van der Waals surface area contributed by atoms with E-state index in [4.69, 9.17) is 11.6 Å². The van der Waals surface area contributed by atoms with E-state index in [1.807, 2.05) is 55.5 Å². The van der Waals surface area contributed by atoms with Crippen molar-refractivity contribution in [1.29, 1.82) is 0 Å². The molecule has 1 heterocycles. The Labute approximate surface area is 183 Å². The summed E-state index contributed by atoms with van der Waals surface area (Å²) < 4.78 is 0. The molecule has 5 heteroatoms. The maximum Gasteiger partial charge on any atom is 0.255 e. The average molecular weight is 425 g/mol. The summed E-state index contributed by atoms with van der Waals surface area (Å²) in [5.41, 5.74) is 1.48. The molecule has 2 amide bonds. The Hall–Kier alpha value is -2.33. The predicted molar refractivity (Wildman–Crippen MR) is 120 cm³/mol. The number of hydrogen-bond acceptors (Lipinski definition) is 2. The fraction of sp³-hybridized carbons (Fsp3) is 0.440. The molecule has 1 fully saturated rings. The van der Waals surface area contributed by atoms with Crippen LogP contribution < -0.4 is 5.32 Å². The largest absolute Gasteiger partial charge is 0.351 e. The van der Waals surface area contributed by atoms with Gasteiger partial charge in [0.15, 0.2) is 0 Å². The van der Waals surface area contributed by atoms with Gasteiger partial charge in [0.2, 0.25) is 5.91 Å². The quantitative estimate of drug-likeness (QED) is 0.691. The van der Waals surface area contributed by atoms with Crippen LogP contribution in [0.25, 0.3) is 0 Å². The van der Waals surface area contributed by atoms with E-state index in [1.54, 1.807) is 4.90 Å². The van der Waals surface area contributed by atoms with Crippen molar-refractivity contribution in [3.8, 4) is 0 Å². The van der Waals surface area contributed by atoms with Crippen molar-refractivity contribution in [2.75, 3.05) is 0 Å². The fourth-order valence-corrected chi connectivity index (χ4v) is 4.93. The highest BCUT2D eigenvalue weighted by atomic mass is 35.5. The summed E-state index contributed by atoms with van der Waals surface area (Å²) in [6, 6.07) is 15.3. The number of benzene rings is 2. The summed E-state index contributed by atoms with van der Waals surface area (Å²) in [4.78, 5) is 28.8. The first-order chi connectivity index (χ1) is 14.5. The van der Waals surface area contributed by atoms with Gasteiger partial charge in [0.1, 0.15) is 5.54 Å². The van der Waals surface area contributed by atoms with Crippen LogP contribution >= 0.6 is 11.6 Å². The van der Waals surface area contributed by atoms with Crippen LogP contribution in [0.3, 0.4) is 0 Å². The third kappa shape index (κ3) is 4.11. The number of rotatable bonds is 4. The Balaban J connectivity index is 1.67. The van der Waals surface area contributed by atoms with E-state index in [-0.39, 0.29) is 17.9 Å². The highest BCUT2D eigenvalue weighted by molar-refractivity contribution is 6.31. The van der Waals surface area contributed by atoms with Crippen LogP contribution in [0.5, 0.6) is 0 Å². The molecule has 0 radical (unpaired) electrons. The van der Waals surface area contributed by atoms with Crippen LogP contribution in [0.1, 0.15) is 66.9 Å². The zero-order chi connectivity index (χ0) is 21.1. The van der Waals surface area contributed by atoms with Gasteiger partial charge in [-0.1, -0.05) is 73.7 Å². The molecule has 0 bridgehead atoms. The van der Waals surface area contributed by atoms with Crippen molar-refractivity contribution < 1.29 is 9.59 Å². The molecule has 0 spiro atoms. The zero-order valence-corrected chi connectivity index (χ0v) is 18.3. The highest BCUT2D eigenvalue weighted by Crippen LogP contribution is 2.34. The summed E-state index contributed by atoms with van der Waals surface area (Å²) in [7, 11) is 0. The predicted octanol–water partition coefficient (Wildman–Crippen LogP) is 5.14. The van der Waals surface area contributed by atoms with Gasteiger partial charge in [0, 0.05) is 29.6 Å². The van der Waals surface area contributed by atoms with Gasteiger partial charge in [0.05, 0.1) is 0 Å². The minimum Gasteiger partial charge on any atom is -0.351 e. The first-order valence-corrected chi connectivity index (χ1v) is 11.3. The lowest BCUT2D eigenvalue weighted by Crippen LogP contribution is -2.63. The van der Waals surface area contributed by atoms with Crippen molar-refractivity contribution in [3.63, 3.8) is 0 Å². The maximum absolute atomic E-state index is 13.6. The Bertz CT molecular complexity index is 936. The topological polar surface area (TPSA) is 49.4 Å². The number of halogens is 1. The van der Waals surface area contributed by atoms with Gasteiger partial charge in [-0.2, -0.15) is 0 Å². The number of nitrogens with zero attached hydrogens (tertiary/aromatic N) is 1. The van der Waals surface area contributed by atoms with Gasteiger partial charge in [-0.05, 0) is 43.0 Å². The van der Waals surface area contributed by atoms with Crippen LogP contribution in [0.4, 0.5) is 0 Å². The van der Waals surface area contributed by atoms with E-state index >= 15 is 0 Å². The van der Waals surface area contributed by atoms with E-state index < -0.39 is 5.54 Å². The molecule has 2 aromatic rings. The Kier molecular flexibility index (Phi) is 6.14. The molecule has 1 aliphatic carbocycles. The molecule has 0 aromatic heterocycles. The van der Waals surface area contributed by atoms with Crippen molar-refractivity contribution in [2.24, 2.45) is 0 Å². The van der Waals surface area contributed by atoms with E-state index in [1.165, 1.54) is 12.8 Å². The monoisotopic (exact) mass is 424 g/mol. The molecule has 1 N–H and O–H groups in total. The van der Waals surface area contributed by atoms with E-state index in [2.05, 4.69) is 5.32 Å². The second-order valence-electron chi connectivity index (χ2n) is 8.75. The van der Waals surface area contributed by atoms with Gasteiger partial charge in [-0.15, -0.1) is 0 Å². The molecular weight excluding hydrogens is 396 g/mol. The number of hydrogen-bond donors (Lipinski definition) is 1. The molecule has 1 saturated carbocycles. The third-order valence-electron chi connectivity index (χ3n) is 6.59. The van der Waals surface area contributed by atoms with E-state index in [0.29, 0.717) is 23.6 Å². The summed E-state index contributed by atoms with van der Waals surface area (Å²) in [6.45, 7) is 2.20. The Morgan fingerprint density at radius 3 is 2.47 bits per heavy atom. The van der Waals surface area contributed by atoms with Crippen molar-refractivity contribution in [3.05, 3.63) is 70.2 Å². The van der Waals surface area contributed by atoms with E-state index in [9.17, 15) is 9.59 Å². The molecule has 0 unspecified atom stereocenters. The smallest absolute Gasteiger partial charge is 0.255 e. The average Bonchev–Trinajstić information content (AvgIpc) is 3.01. The Morgan fingerprint density at radius 2 is 1.73 bits per heavy atom. The molecule has 1 atom stereocenters. The lowest BCUT2D eigenvalue weighted by Gasteiger charge is -2.44. The number of fused-ring (bicyclic) bond motifs is 1. The van der Waals surface area contributed by atoms with Gasteiger partial charge in [-0.25, -0.2) is 0 Å². The fourth-order valence-electron chi connectivity index (χ4n) is 4.73. The number of amides is 2. The lowest BCUT2D eigenvalue weighted by atomic mass is 9.82. The molecule has 4 rings (SSSR count). The summed E-state index contributed by atoms with van der Waals surface area (Å²) >= 11 is 6.40. The lowest BCUT2D eigenvalue weighted by molar-refractivity contribution is -0.132. The highest BCUT2D eigenvalue weighted by Gasteiger charge is 2.47. The summed E-state index contributed by atoms with van der Waals surface area (Å²) in [6.07, 6.45) is 7.27. The second-order valence-corrected chi connectivity index (χ2v) is 9.16. The first-order valence-electron chi connectivity index (χ1n) is 10.9. The molecule has 0 saturated heterocycles. The Morgan fingerprint density at radius 1 is 1.07 bits per heavy atom. The SMILES string of the molecule is C[C@]1(C(=O)NC2CCCCCC2)Cc2ccccc2C(=O)N1Cc1ccccc1Cl. The second kappa shape index (κ2) is 8.81. The van der Waals surface area contributed by atoms with Gasteiger partial charge < -0.3 is 10.2 Å². The van der Waals surface area contributed by atoms with Crippen LogP contribution in [0, 0.1) is 0 Å².